The highest BCUT2D eigenvalue weighted by Crippen LogP contribution is 2.19. The van der Waals surface area contributed by atoms with E-state index in [4.69, 9.17) is 14.6 Å². The van der Waals surface area contributed by atoms with Gasteiger partial charge in [-0.05, 0) is 49.2 Å². The molecule has 2 rings (SSSR count). The van der Waals surface area contributed by atoms with E-state index in [0.717, 1.165) is 16.9 Å². The summed E-state index contributed by atoms with van der Waals surface area (Å²) in [5.74, 6) is 0.289. The van der Waals surface area contributed by atoms with Crippen molar-refractivity contribution >= 4 is 18.3 Å². The first kappa shape index (κ1) is 21.9. The van der Waals surface area contributed by atoms with Crippen molar-refractivity contribution in [1.82, 2.24) is 4.98 Å². The fourth-order valence-electron chi connectivity index (χ4n) is 2.23. The Labute approximate surface area is 171 Å². The van der Waals surface area contributed by atoms with E-state index >= 15 is 0 Å². The van der Waals surface area contributed by atoms with Gasteiger partial charge in [0.2, 0.25) is 5.88 Å². The number of aliphatic imine (C=N–C) groups is 1. The molecule has 0 radical (unpaired) electrons. The number of carboxylic acids is 1. The van der Waals surface area contributed by atoms with E-state index in [2.05, 4.69) is 16.6 Å². The van der Waals surface area contributed by atoms with Gasteiger partial charge in [-0.15, -0.1) is 0 Å². The Bertz CT molecular complexity index is 871. The molecule has 6 nitrogen and oxygen atoms in total. The standard InChI is InChI=1S/C23H26N2O4/c1-4-24-13-5-6-18-7-9-20(10-8-18)28-15-12-19-11-14-25-21(16-19)29-17-23(2,3)22(26)27/h4-11,13-14,16H,1,12,15,17H2,2-3H3,(H,26,27)/b6-5+,24-13?. The number of hydrogen-bond acceptors (Lipinski definition) is 5. The van der Waals surface area contributed by atoms with Gasteiger partial charge in [-0.2, -0.15) is 0 Å². The van der Waals surface area contributed by atoms with Crippen molar-refractivity contribution in [1.29, 1.82) is 0 Å². The summed E-state index contributed by atoms with van der Waals surface area (Å²) in [5.41, 5.74) is 1.08. The van der Waals surface area contributed by atoms with Gasteiger partial charge in [0.15, 0.2) is 0 Å². The van der Waals surface area contributed by atoms with Gasteiger partial charge in [-0.1, -0.05) is 24.8 Å². The SMILES string of the molecule is C=CN=C/C=C/c1ccc(OCCc2ccnc(OCC(C)(C)C(=O)O)c2)cc1. The van der Waals surface area contributed by atoms with Crippen LogP contribution < -0.4 is 9.47 Å². The van der Waals surface area contributed by atoms with Crippen LogP contribution in [-0.2, 0) is 11.2 Å². The van der Waals surface area contributed by atoms with E-state index in [-0.39, 0.29) is 6.61 Å². The third-order valence-electron chi connectivity index (χ3n) is 4.06. The number of rotatable bonds is 11. The van der Waals surface area contributed by atoms with Crippen molar-refractivity contribution in [2.75, 3.05) is 13.2 Å². The number of carboxylic acid groups (broad SMARTS) is 1. The van der Waals surface area contributed by atoms with E-state index < -0.39 is 11.4 Å². The third kappa shape index (κ3) is 7.62. The van der Waals surface area contributed by atoms with Gasteiger partial charge >= 0.3 is 5.97 Å². The van der Waals surface area contributed by atoms with Crippen LogP contribution in [-0.4, -0.2) is 35.5 Å². The first-order chi connectivity index (χ1) is 13.9. The Morgan fingerprint density at radius 2 is 2.00 bits per heavy atom. The number of aromatic nitrogens is 1. The summed E-state index contributed by atoms with van der Waals surface area (Å²) in [6.07, 6.45) is 9.28. The Balaban J connectivity index is 1.83. The molecule has 0 aliphatic rings. The van der Waals surface area contributed by atoms with E-state index in [9.17, 15) is 4.79 Å². The van der Waals surface area contributed by atoms with Crippen LogP contribution in [0.15, 0.2) is 66.4 Å². The molecule has 1 heterocycles. The zero-order valence-corrected chi connectivity index (χ0v) is 16.7. The average molecular weight is 394 g/mol. The Kier molecular flexibility index (Phi) is 8.15. The first-order valence-electron chi connectivity index (χ1n) is 9.25. The molecule has 6 heteroatoms. The van der Waals surface area contributed by atoms with Gasteiger partial charge in [-0.25, -0.2) is 4.98 Å². The second-order valence-electron chi connectivity index (χ2n) is 6.99. The number of ether oxygens (including phenoxy) is 2. The van der Waals surface area contributed by atoms with Crippen molar-refractivity contribution in [3.63, 3.8) is 0 Å². The maximum atomic E-state index is 11.2. The fraction of sp³-hybridized carbons (Fsp3) is 0.261. The molecule has 0 atom stereocenters. The van der Waals surface area contributed by atoms with Crippen molar-refractivity contribution in [3.05, 3.63) is 72.6 Å². The highest BCUT2D eigenvalue weighted by Gasteiger charge is 2.28. The monoisotopic (exact) mass is 394 g/mol. The molecular weight excluding hydrogens is 368 g/mol. The molecule has 0 saturated heterocycles. The molecule has 0 saturated carbocycles. The minimum atomic E-state index is -0.972. The Morgan fingerprint density at radius 1 is 1.24 bits per heavy atom. The lowest BCUT2D eigenvalue weighted by molar-refractivity contribution is -0.148. The molecule has 152 valence electrons. The second-order valence-corrected chi connectivity index (χ2v) is 6.99. The fourth-order valence-corrected chi connectivity index (χ4v) is 2.23. The predicted octanol–water partition coefficient (Wildman–Crippen LogP) is 4.42. The summed E-state index contributed by atoms with van der Waals surface area (Å²) in [7, 11) is 0. The lowest BCUT2D eigenvalue weighted by atomic mass is 9.95. The molecule has 29 heavy (non-hydrogen) atoms. The van der Waals surface area contributed by atoms with Crippen LogP contribution in [0.4, 0.5) is 0 Å². The molecule has 0 bridgehead atoms. The van der Waals surface area contributed by atoms with Gasteiger partial charge in [0, 0.05) is 31.1 Å². The summed E-state index contributed by atoms with van der Waals surface area (Å²) in [4.78, 5) is 19.2. The lowest BCUT2D eigenvalue weighted by Crippen LogP contribution is -2.30. The van der Waals surface area contributed by atoms with Crippen molar-refractivity contribution < 1.29 is 19.4 Å². The molecule has 2 aromatic rings. The normalized spacial score (nSPS) is 11.7. The van der Waals surface area contributed by atoms with Crippen molar-refractivity contribution in [3.8, 4) is 11.6 Å². The number of hydrogen-bond donors (Lipinski definition) is 1. The van der Waals surface area contributed by atoms with Gasteiger partial charge in [0.05, 0.1) is 12.0 Å². The molecule has 0 fully saturated rings. The van der Waals surface area contributed by atoms with Crippen LogP contribution in [0.25, 0.3) is 6.08 Å². The quantitative estimate of drug-likeness (QED) is 0.571. The highest BCUT2D eigenvalue weighted by atomic mass is 16.5. The molecule has 1 aromatic carbocycles. The smallest absolute Gasteiger partial charge is 0.312 e. The zero-order valence-electron chi connectivity index (χ0n) is 16.7. The predicted molar refractivity (Wildman–Crippen MR) is 115 cm³/mol. The molecule has 1 N–H and O–H groups in total. The van der Waals surface area contributed by atoms with E-state index in [1.54, 1.807) is 32.3 Å². The number of carbonyl (C=O) groups is 1. The lowest BCUT2D eigenvalue weighted by Gasteiger charge is -2.19. The highest BCUT2D eigenvalue weighted by molar-refractivity contribution is 5.78. The minimum Gasteiger partial charge on any atom is -0.493 e. The number of nitrogens with zero attached hydrogens (tertiary/aromatic N) is 2. The molecule has 0 unspecified atom stereocenters. The Morgan fingerprint density at radius 3 is 2.69 bits per heavy atom. The van der Waals surface area contributed by atoms with E-state index in [0.29, 0.717) is 18.9 Å². The van der Waals surface area contributed by atoms with Crippen LogP contribution >= 0.6 is 0 Å². The van der Waals surface area contributed by atoms with Crippen LogP contribution in [0.5, 0.6) is 11.6 Å². The number of benzene rings is 1. The van der Waals surface area contributed by atoms with Crippen LogP contribution in [0.2, 0.25) is 0 Å². The first-order valence-corrected chi connectivity index (χ1v) is 9.25. The summed E-state index contributed by atoms with van der Waals surface area (Å²) in [6.45, 7) is 7.30. The number of allylic oxidation sites excluding steroid dienone is 1. The van der Waals surface area contributed by atoms with E-state index in [1.165, 1.54) is 6.20 Å². The molecule has 0 aliphatic carbocycles. The van der Waals surface area contributed by atoms with Crippen LogP contribution in [0.3, 0.4) is 0 Å². The largest absolute Gasteiger partial charge is 0.493 e. The van der Waals surface area contributed by atoms with Gasteiger partial charge < -0.3 is 14.6 Å². The molecule has 1 aromatic heterocycles. The molecule has 0 aliphatic heterocycles. The van der Waals surface area contributed by atoms with Crippen molar-refractivity contribution in [2.45, 2.75) is 20.3 Å². The summed E-state index contributed by atoms with van der Waals surface area (Å²) in [5, 5.41) is 9.15. The van der Waals surface area contributed by atoms with E-state index in [1.807, 2.05) is 42.5 Å². The average Bonchev–Trinajstić information content (AvgIpc) is 2.71. The zero-order chi connectivity index (χ0) is 21.1. The minimum absolute atomic E-state index is 0.0511. The maximum absolute atomic E-state index is 11.2. The van der Waals surface area contributed by atoms with Gasteiger partial charge in [-0.3, -0.25) is 9.79 Å². The molecule has 0 spiro atoms. The molecular formula is C23H26N2O4. The van der Waals surface area contributed by atoms with Crippen molar-refractivity contribution in [2.24, 2.45) is 10.4 Å². The summed E-state index contributed by atoms with van der Waals surface area (Å²) >= 11 is 0. The molecule has 0 amide bonds. The summed E-state index contributed by atoms with van der Waals surface area (Å²) in [6, 6.07) is 11.5. The van der Waals surface area contributed by atoms with Crippen LogP contribution in [0, 0.1) is 5.41 Å². The number of pyridine rings is 1. The second kappa shape index (κ2) is 10.8. The number of aliphatic carboxylic acids is 1. The summed E-state index contributed by atoms with van der Waals surface area (Å²) < 4.78 is 11.3. The van der Waals surface area contributed by atoms with Gasteiger partial charge in [0.25, 0.3) is 0 Å². The topological polar surface area (TPSA) is 81.0 Å². The van der Waals surface area contributed by atoms with Gasteiger partial charge in [0.1, 0.15) is 12.4 Å². The third-order valence-corrected chi connectivity index (χ3v) is 4.06. The maximum Gasteiger partial charge on any atom is 0.312 e. The Hall–Kier alpha value is -3.41. The van der Waals surface area contributed by atoms with Crippen LogP contribution in [0.1, 0.15) is 25.0 Å².